The van der Waals surface area contributed by atoms with E-state index in [9.17, 15) is 0 Å². The van der Waals surface area contributed by atoms with Crippen LogP contribution < -0.4 is 10.2 Å². The van der Waals surface area contributed by atoms with Crippen LogP contribution in [0, 0.1) is 0 Å². The smallest absolute Gasteiger partial charge is 0.151 e. The summed E-state index contributed by atoms with van der Waals surface area (Å²) < 4.78 is 2.26. The van der Waals surface area contributed by atoms with Gasteiger partial charge in [-0.1, -0.05) is 17.7 Å². The molecule has 5 rings (SSSR count). The zero-order valence-electron chi connectivity index (χ0n) is 15.7. The fourth-order valence-corrected chi connectivity index (χ4v) is 4.47. The largest absolute Gasteiger partial charge is 0.357 e. The number of anilines is 1. The minimum atomic E-state index is 0.393. The van der Waals surface area contributed by atoms with E-state index in [0.29, 0.717) is 5.92 Å². The second-order valence-corrected chi connectivity index (χ2v) is 7.90. The minimum Gasteiger partial charge on any atom is -0.357 e. The summed E-state index contributed by atoms with van der Waals surface area (Å²) in [5.41, 5.74) is 2.42. The van der Waals surface area contributed by atoms with E-state index in [1.165, 1.54) is 11.3 Å². The molecule has 1 saturated heterocycles. The summed E-state index contributed by atoms with van der Waals surface area (Å²) in [6, 6.07) is 12.2. The first-order valence-electron chi connectivity index (χ1n) is 9.89. The van der Waals surface area contributed by atoms with Crippen LogP contribution in [-0.4, -0.2) is 39.4 Å². The summed E-state index contributed by atoms with van der Waals surface area (Å²) in [6.07, 6.45) is 4.90. The molecule has 7 heteroatoms. The summed E-state index contributed by atoms with van der Waals surface area (Å²) in [5.74, 6) is 3.50. The molecule has 0 radical (unpaired) electrons. The lowest BCUT2D eigenvalue weighted by atomic mass is 9.95. The average molecular weight is 395 g/mol. The van der Waals surface area contributed by atoms with Gasteiger partial charge < -0.3 is 10.2 Å². The van der Waals surface area contributed by atoms with Crippen molar-refractivity contribution in [2.45, 2.75) is 31.7 Å². The number of fused-ring (bicyclic) bond motifs is 3. The molecule has 1 aromatic carbocycles. The molecule has 1 N–H and O–H groups in total. The Labute approximate surface area is 169 Å². The highest BCUT2D eigenvalue weighted by Crippen LogP contribution is 2.32. The first kappa shape index (κ1) is 17.6. The van der Waals surface area contributed by atoms with E-state index >= 15 is 0 Å². The second-order valence-electron chi connectivity index (χ2n) is 7.46. The van der Waals surface area contributed by atoms with Gasteiger partial charge in [-0.15, -0.1) is 10.2 Å². The summed E-state index contributed by atoms with van der Waals surface area (Å²) in [6.45, 7) is 3.62. The molecule has 2 aliphatic rings. The number of rotatable bonds is 2. The van der Waals surface area contributed by atoms with Crippen LogP contribution in [-0.2, 0) is 13.0 Å². The van der Waals surface area contributed by atoms with Gasteiger partial charge in [0.1, 0.15) is 11.6 Å². The molecule has 2 aromatic heterocycles. The van der Waals surface area contributed by atoms with E-state index in [1.807, 2.05) is 24.4 Å². The highest BCUT2D eigenvalue weighted by Gasteiger charge is 2.28. The van der Waals surface area contributed by atoms with Crippen molar-refractivity contribution < 1.29 is 0 Å². The van der Waals surface area contributed by atoms with Crippen LogP contribution in [0.3, 0.4) is 0 Å². The summed E-state index contributed by atoms with van der Waals surface area (Å²) in [5, 5.41) is 13.4. The van der Waals surface area contributed by atoms with Crippen molar-refractivity contribution in [3.05, 3.63) is 64.8 Å². The first-order chi connectivity index (χ1) is 13.8. The van der Waals surface area contributed by atoms with E-state index in [2.05, 4.69) is 48.2 Å². The fraction of sp³-hybridized carbons (Fsp3) is 0.381. The number of nitrogens with one attached hydrogen (secondary N) is 1. The fourth-order valence-electron chi connectivity index (χ4n) is 4.28. The molecular weight excluding hydrogens is 372 g/mol. The van der Waals surface area contributed by atoms with Crippen LogP contribution in [0.15, 0.2) is 42.6 Å². The molecule has 1 fully saturated rings. The zero-order valence-corrected chi connectivity index (χ0v) is 16.4. The van der Waals surface area contributed by atoms with Gasteiger partial charge >= 0.3 is 0 Å². The normalized spacial score (nSPS) is 17.5. The molecule has 0 spiro atoms. The third kappa shape index (κ3) is 3.27. The zero-order chi connectivity index (χ0) is 18.9. The van der Waals surface area contributed by atoms with E-state index in [4.69, 9.17) is 11.6 Å². The van der Waals surface area contributed by atoms with Crippen molar-refractivity contribution in [1.29, 1.82) is 0 Å². The third-order valence-electron chi connectivity index (χ3n) is 5.73. The van der Waals surface area contributed by atoms with Crippen molar-refractivity contribution in [2.75, 3.05) is 24.5 Å². The van der Waals surface area contributed by atoms with Gasteiger partial charge in [0.05, 0.1) is 12.2 Å². The number of hydrogen-bond acceptors (Lipinski definition) is 5. The third-order valence-corrected chi connectivity index (χ3v) is 5.96. The molecule has 0 bridgehead atoms. The standard InChI is InChI=1S/C21H23ClN6/c22-17-4-5-18-16(13-17)6-10-23-14-20-25-26-21(28(18)20)15-7-11-27(12-8-15)19-3-1-2-9-24-19/h1-5,9,13,15,23H,6-8,10-12,14H2. The van der Waals surface area contributed by atoms with Gasteiger partial charge in [0.25, 0.3) is 0 Å². The van der Waals surface area contributed by atoms with Crippen molar-refractivity contribution in [3.8, 4) is 5.69 Å². The second kappa shape index (κ2) is 7.53. The molecular formula is C21H23ClN6. The number of nitrogens with zero attached hydrogens (tertiary/aromatic N) is 5. The van der Waals surface area contributed by atoms with Crippen molar-refractivity contribution >= 4 is 17.4 Å². The molecule has 0 amide bonds. The Morgan fingerprint density at radius 2 is 1.96 bits per heavy atom. The Morgan fingerprint density at radius 1 is 1.07 bits per heavy atom. The molecule has 144 valence electrons. The number of piperidine rings is 1. The van der Waals surface area contributed by atoms with Gasteiger partial charge in [-0.3, -0.25) is 4.57 Å². The highest BCUT2D eigenvalue weighted by molar-refractivity contribution is 6.30. The van der Waals surface area contributed by atoms with Crippen LogP contribution in [0.4, 0.5) is 5.82 Å². The average Bonchev–Trinajstić information content (AvgIpc) is 3.13. The van der Waals surface area contributed by atoms with Crippen LogP contribution >= 0.6 is 11.6 Å². The van der Waals surface area contributed by atoms with Gasteiger partial charge in [0.15, 0.2) is 5.82 Å². The number of pyridine rings is 1. The molecule has 0 aliphatic carbocycles. The van der Waals surface area contributed by atoms with Crippen LogP contribution in [0.5, 0.6) is 0 Å². The molecule has 2 aliphatic heterocycles. The van der Waals surface area contributed by atoms with Gasteiger partial charge in [-0.2, -0.15) is 0 Å². The predicted molar refractivity (Wildman–Crippen MR) is 110 cm³/mol. The molecule has 6 nitrogen and oxygen atoms in total. The number of benzene rings is 1. The van der Waals surface area contributed by atoms with Gasteiger partial charge in [0.2, 0.25) is 0 Å². The molecule has 28 heavy (non-hydrogen) atoms. The maximum absolute atomic E-state index is 6.26. The van der Waals surface area contributed by atoms with E-state index in [0.717, 1.165) is 67.9 Å². The maximum atomic E-state index is 6.26. The van der Waals surface area contributed by atoms with Crippen LogP contribution in [0.1, 0.15) is 36.0 Å². The Hall–Kier alpha value is -2.44. The highest BCUT2D eigenvalue weighted by atomic mass is 35.5. The Balaban J connectivity index is 1.45. The first-order valence-corrected chi connectivity index (χ1v) is 10.3. The Kier molecular flexibility index (Phi) is 4.74. The van der Waals surface area contributed by atoms with Gasteiger partial charge in [-0.05, 0) is 61.7 Å². The van der Waals surface area contributed by atoms with E-state index in [1.54, 1.807) is 0 Å². The van der Waals surface area contributed by atoms with E-state index < -0.39 is 0 Å². The molecule has 0 atom stereocenters. The van der Waals surface area contributed by atoms with Crippen molar-refractivity contribution in [1.82, 2.24) is 25.1 Å². The number of aromatic nitrogens is 4. The maximum Gasteiger partial charge on any atom is 0.151 e. The quantitative estimate of drug-likeness (QED) is 0.722. The molecule has 0 saturated carbocycles. The lowest BCUT2D eigenvalue weighted by Gasteiger charge is -2.32. The molecule has 0 unspecified atom stereocenters. The lowest BCUT2D eigenvalue weighted by Crippen LogP contribution is -2.34. The monoisotopic (exact) mass is 394 g/mol. The van der Waals surface area contributed by atoms with E-state index in [-0.39, 0.29) is 0 Å². The Morgan fingerprint density at radius 3 is 2.79 bits per heavy atom. The molecule has 3 aromatic rings. The number of hydrogen-bond donors (Lipinski definition) is 1. The summed E-state index contributed by atoms with van der Waals surface area (Å²) in [7, 11) is 0. The minimum absolute atomic E-state index is 0.393. The lowest BCUT2D eigenvalue weighted by molar-refractivity contribution is 0.475. The number of halogens is 1. The van der Waals surface area contributed by atoms with Crippen LogP contribution in [0.25, 0.3) is 5.69 Å². The van der Waals surface area contributed by atoms with Crippen molar-refractivity contribution in [2.24, 2.45) is 0 Å². The van der Waals surface area contributed by atoms with Crippen molar-refractivity contribution in [3.63, 3.8) is 0 Å². The topological polar surface area (TPSA) is 58.9 Å². The predicted octanol–water partition coefficient (Wildman–Crippen LogP) is 3.35. The molecule has 4 heterocycles. The van der Waals surface area contributed by atoms with Crippen LogP contribution in [0.2, 0.25) is 5.02 Å². The summed E-state index contributed by atoms with van der Waals surface area (Å²) in [4.78, 5) is 6.85. The van der Waals surface area contributed by atoms with Gasteiger partial charge in [-0.25, -0.2) is 4.98 Å². The summed E-state index contributed by atoms with van der Waals surface area (Å²) >= 11 is 6.26. The SMILES string of the molecule is Clc1ccc2c(c1)CCNCc1nnc(C3CCN(c4ccccn4)CC3)n1-2. The van der Waals surface area contributed by atoms with Gasteiger partial charge in [0, 0.05) is 30.2 Å². The Bertz CT molecular complexity index is 962.